The summed E-state index contributed by atoms with van der Waals surface area (Å²) in [4.78, 5) is 2.46. The van der Waals surface area contributed by atoms with Crippen LogP contribution in [0.5, 0.6) is 0 Å². The maximum Gasteiger partial charge on any atom is 0.143 e. The minimum atomic E-state index is -0.108. The highest BCUT2D eigenvalue weighted by molar-refractivity contribution is 6.10. The quantitative estimate of drug-likeness (QED) is 0.179. The maximum atomic E-state index is 6.79. The monoisotopic (exact) mass is 685 g/mol. The molecule has 0 saturated heterocycles. The minimum absolute atomic E-state index is 0.108. The van der Waals surface area contributed by atoms with Gasteiger partial charge in [0.05, 0.1) is 0 Å². The predicted octanol–water partition coefficient (Wildman–Crippen LogP) is 14.5. The second kappa shape index (κ2) is 11.3. The van der Waals surface area contributed by atoms with Crippen molar-refractivity contribution in [2.75, 3.05) is 4.90 Å². The number of hydrogen-bond acceptors (Lipinski definition) is 2. The van der Waals surface area contributed by atoms with Crippen LogP contribution in [0.3, 0.4) is 0 Å². The number of fused-ring (bicyclic) bond motifs is 9. The van der Waals surface area contributed by atoms with E-state index in [9.17, 15) is 0 Å². The first-order chi connectivity index (χ1) is 25.6. The lowest BCUT2D eigenvalue weighted by Gasteiger charge is -2.30. The number of benzene rings is 7. The molecule has 2 nitrogen and oxygen atoms in total. The van der Waals surface area contributed by atoms with Crippen molar-refractivity contribution in [1.29, 1.82) is 0 Å². The molecular formula is C51H43NO. The third-order valence-corrected chi connectivity index (χ3v) is 12.2. The number of para-hydroxylation sites is 2. The van der Waals surface area contributed by atoms with Crippen LogP contribution >= 0.6 is 0 Å². The fraction of sp³-hybridized carbons (Fsp3) is 0.176. The van der Waals surface area contributed by atoms with Crippen molar-refractivity contribution in [2.24, 2.45) is 0 Å². The van der Waals surface area contributed by atoms with Gasteiger partial charge in [-0.25, -0.2) is 0 Å². The average molecular weight is 686 g/mol. The summed E-state index contributed by atoms with van der Waals surface area (Å²) in [5.74, 6) is 0.370. The molecule has 2 aliphatic rings. The molecule has 0 saturated carbocycles. The number of hydrogen-bond donors (Lipinski definition) is 0. The van der Waals surface area contributed by atoms with Crippen LogP contribution in [0.15, 0.2) is 150 Å². The number of furan rings is 1. The van der Waals surface area contributed by atoms with Gasteiger partial charge in [-0.2, -0.15) is 0 Å². The highest BCUT2D eigenvalue weighted by Gasteiger charge is 2.37. The molecule has 0 unspecified atom stereocenters. The van der Waals surface area contributed by atoms with Gasteiger partial charge in [-0.15, -0.1) is 0 Å². The van der Waals surface area contributed by atoms with E-state index in [0.29, 0.717) is 5.92 Å². The molecule has 1 aromatic heterocycles. The molecule has 0 fully saturated rings. The number of anilines is 3. The van der Waals surface area contributed by atoms with Gasteiger partial charge in [0.15, 0.2) is 0 Å². The molecule has 7 aromatic carbocycles. The lowest BCUT2D eigenvalue weighted by Crippen LogP contribution is -2.18. The predicted molar refractivity (Wildman–Crippen MR) is 223 cm³/mol. The van der Waals surface area contributed by atoms with Crippen molar-refractivity contribution < 1.29 is 4.42 Å². The van der Waals surface area contributed by atoms with Crippen LogP contribution in [0.2, 0.25) is 0 Å². The van der Waals surface area contributed by atoms with E-state index >= 15 is 0 Å². The molecule has 8 aromatic rings. The Morgan fingerprint density at radius 3 is 1.53 bits per heavy atom. The zero-order valence-electron chi connectivity index (χ0n) is 31.3. The van der Waals surface area contributed by atoms with Gasteiger partial charge in [-0.1, -0.05) is 151 Å². The van der Waals surface area contributed by atoms with Crippen LogP contribution in [-0.2, 0) is 10.8 Å². The Morgan fingerprint density at radius 1 is 0.434 bits per heavy atom. The van der Waals surface area contributed by atoms with Crippen molar-refractivity contribution in [3.05, 3.63) is 173 Å². The first-order valence-electron chi connectivity index (χ1n) is 19.0. The van der Waals surface area contributed by atoms with E-state index < -0.39 is 0 Å². The maximum absolute atomic E-state index is 6.79. The summed E-state index contributed by atoms with van der Waals surface area (Å²) in [7, 11) is 0. The summed E-state index contributed by atoms with van der Waals surface area (Å²) in [6.07, 6.45) is 0. The zero-order valence-corrected chi connectivity index (χ0v) is 31.3. The van der Waals surface area contributed by atoms with Crippen LogP contribution < -0.4 is 4.90 Å². The largest absolute Gasteiger partial charge is 0.455 e. The standard InChI is InChI=1S/C51H43NO/c1-31(2)36-18-12-20-42-43-21-13-19-37(49(43)53-48(36)42)32-14-11-15-33(28-32)52(34-24-26-40-38-16-7-9-22-44(38)50(3,4)46(40)29-34)35-25-27-41-39-17-8-10-23-45(39)51(5,6)47(41)30-35/h7-31H,1-6H3. The second-order valence-electron chi connectivity index (χ2n) is 16.3. The SMILES string of the molecule is CC(C)c1cccc2c1oc1c(-c3cccc(N(c4ccc5c(c4)C(C)(C)c4ccccc4-5)c4ccc5c(c4)C(C)(C)c4ccccc4-5)c3)cccc12. The van der Waals surface area contributed by atoms with Gasteiger partial charge in [0.1, 0.15) is 11.2 Å². The lowest BCUT2D eigenvalue weighted by atomic mass is 9.82. The Bertz CT molecular complexity index is 2670. The Kier molecular flexibility index (Phi) is 6.80. The third-order valence-electron chi connectivity index (χ3n) is 12.2. The summed E-state index contributed by atoms with van der Waals surface area (Å²) in [5.41, 5.74) is 19.4. The van der Waals surface area contributed by atoms with Crippen LogP contribution in [0, 0.1) is 0 Å². The van der Waals surface area contributed by atoms with Crippen molar-refractivity contribution in [1.82, 2.24) is 0 Å². The van der Waals surface area contributed by atoms with Crippen LogP contribution in [0.4, 0.5) is 17.1 Å². The molecule has 2 aliphatic carbocycles. The first kappa shape index (κ1) is 31.8. The van der Waals surface area contributed by atoms with Crippen LogP contribution in [-0.4, -0.2) is 0 Å². The van der Waals surface area contributed by atoms with E-state index in [1.807, 2.05) is 0 Å². The second-order valence-corrected chi connectivity index (χ2v) is 16.3. The van der Waals surface area contributed by atoms with E-state index in [4.69, 9.17) is 4.42 Å². The molecule has 0 spiro atoms. The fourth-order valence-corrected chi connectivity index (χ4v) is 9.45. The van der Waals surface area contributed by atoms with E-state index in [1.54, 1.807) is 0 Å². The van der Waals surface area contributed by atoms with Gasteiger partial charge >= 0.3 is 0 Å². The molecule has 1 heterocycles. The normalized spacial score (nSPS) is 14.7. The van der Waals surface area contributed by atoms with Crippen molar-refractivity contribution >= 4 is 39.0 Å². The van der Waals surface area contributed by atoms with Crippen molar-refractivity contribution in [3.63, 3.8) is 0 Å². The minimum Gasteiger partial charge on any atom is -0.455 e. The fourth-order valence-electron chi connectivity index (χ4n) is 9.45. The molecule has 10 rings (SSSR count). The van der Waals surface area contributed by atoms with E-state index in [0.717, 1.165) is 44.7 Å². The molecule has 258 valence electrons. The van der Waals surface area contributed by atoms with Gasteiger partial charge in [0, 0.05) is 44.2 Å². The highest BCUT2D eigenvalue weighted by Crippen LogP contribution is 2.53. The van der Waals surface area contributed by atoms with Gasteiger partial charge < -0.3 is 9.32 Å². The molecule has 53 heavy (non-hydrogen) atoms. The number of nitrogens with zero attached hydrogens (tertiary/aromatic N) is 1. The Hall–Kier alpha value is -5.86. The van der Waals surface area contributed by atoms with Crippen LogP contribution in [0.1, 0.15) is 75.3 Å². The van der Waals surface area contributed by atoms with Gasteiger partial charge in [-0.05, 0) is 98.0 Å². The molecule has 0 aliphatic heterocycles. The van der Waals surface area contributed by atoms with Crippen LogP contribution in [0.25, 0.3) is 55.3 Å². The third kappa shape index (κ3) is 4.58. The van der Waals surface area contributed by atoms with E-state index in [1.165, 1.54) is 55.5 Å². The smallest absolute Gasteiger partial charge is 0.143 e. The topological polar surface area (TPSA) is 16.4 Å². The molecule has 2 heteroatoms. The number of rotatable bonds is 5. The molecule has 0 N–H and O–H groups in total. The van der Waals surface area contributed by atoms with Gasteiger partial charge in [0.25, 0.3) is 0 Å². The summed E-state index contributed by atoms with van der Waals surface area (Å²) in [6.45, 7) is 13.9. The Morgan fingerprint density at radius 2 is 0.925 bits per heavy atom. The average Bonchev–Trinajstić information content (AvgIpc) is 3.75. The molecule has 0 bridgehead atoms. The molecule has 0 amide bonds. The van der Waals surface area contributed by atoms with Crippen molar-refractivity contribution in [3.8, 4) is 33.4 Å². The first-order valence-corrected chi connectivity index (χ1v) is 19.0. The molecule has 0 radical (unpaired) electrons. The zero-order chi connectivity index (χ0) is 36.2. The Balaban J connectivity index is 1.17. The summed E-state index contributed by atoms with van der Waals surface area (Å²) in [6, 6.07) is 54.0. The lowest BCUT2D eigenvalue weighted by molar-refractivity contribution is 0.658. The van der Waals surface area contributed by atoms with Crippen molar-refractivity contribution in [2.45, 2.75) is 58.3 Å². The van der Waals surface area contributed by atoms with Gasteiger partial charge in [0.2, 0.25) is 0 Å². The molecular weight excluding hydrogens is 643 g/mol. The van der Waals surface area contributed by atoms with Gasteiger partial charge in [-0.3, -0.25) is 0 Å². The van der Waals surface area contributed by atoms with E-state index in [2.05, 4.69) is 192 Å². The summed E-state index contributed by atoms with van der Waals surface area (Å²) < 4.78 is 6.79. The highest BCUT2D eigenvalue weighted by atomic mass is 16.3. The summed E-state index contributed by atoms with van der Waals surface area (Å²) in [5, 5.41) is 2.33. The Labute approximate surface area is 312 Å². The van der Waals surface area contributed by atoms with E-state index in [-0.39, 0.29) is 10.8 Å². The molecule has 0 atom stereocenters. The summed E-state index contributed by atoms with van der Waals surface area (Å²) >= 11 is 0.